The van der Waals surface area contributed by atoms with Crippen molar-refractivity contribution in [3.05, 3.63) is 23.8 Å². The minimum atomic E-state index is -0.834. The molecule has 2 N–H and O–H groups in total. The number of aliphatic carboxylic acids is 1. The van der Waals surface area contributed by atoms with Gasteiger partial charge in [-0.1, -0.05) is 6.07 Å². The molecule has 0 unspecified atom stereocenters. The third-order valence-corrected chi connectivity index (χ3v) is 2.30. The average molecular weight is 194 g/mol. The van der Waals surface area contributed by atoms with E-state index in [1.807, 2.05) is 0 Å². The first-order valence-electron chi connectivity index (χ1n) is 4.34. The molecule has 0 saturated heterocycles. The Bertz CT molecular complexity index is 372. The monoisotopic (exact) mass is 194 g/mol. The second kappa shape index (κ2) is 3.21. The Morgan fingerprint density at radius 1 is 1.57 bits per heavy atom. The quantitative estimate of drug-likeness (QED) is 0.745. The van der Waals surface area contributed by atoms with Crippen molar-refractivity contribution in [2.75, 3.05) is 6.61 Å². The molecule has 1 aliphatic rings. The van der Waals surface area contributed by atoms with Crippen molar-refractivity contribution >= 4 is 5.97 Å². The van der Waals surface area contributed by atoms with Crippen LogP contribution in [-0.4, -0.2) is 22.8 Å². The molecule has 1 aromatic carbocycles. The van der Waals surface area contributed by atoms with Crippen LogP contribution in [0.2, 0.25) is 0 Å². The van der Waals surface area contributed by atoms with Crippen LogP contribution in [0.1, 0.15) is 17.9 Å². The Labute approximate surface area is 80.7 Å². The molecule has 0 bridgehead atoms. The molecule has 1 heterocycles. The van der Waals surface area contributed by atoms with E-state index in [4.69, 9.17) is 14.9 Å². The predicted octanol–water partition coefficient (Wildman–Crippen LogP) is 1.34. The second-order valence-electron chi connectivity index (χ2n) is 3.33. The van der Waals surface area contributed by atoms with Crippen LogP contribution in [-0.2, 0) is 4.79 Å². The van der Waals surface area contributed by atoms with E-state index < -0.39 is 5.97 Å². The van der Waals surface area contributed by atoms with Crippen molar-refractivity contribution in [1.29, 1.82) is 0 Å². The van der Waals surface area contributed by atoms with Gasteiger partial charge in [-0.15, -0.1) is 0 Å². The van der Waals surface area contributed by atoms with Crippen molar-refractivity contribution in [1.82, 2.24) is 0 Å². The van der Waals surface area contributed by atoms with E-state index in [-0.39, 0.29) is 18.1 Å². The van der Waals surface area contributed by atoms with Gasteiger partial charge in [0.15, 0.2) is 0 Å². The summed E-state index contributed by atoms with van der Waals surface area (Å²) in [5, 5.41) is 17.8. The van der Waals surface area contributed by atoms with Crippen LogP contribution >= 0.6 is 0 Å². The predicted molar refractivity (Wildman–Crippen MR) is 48.6 cm³/mol. The molecule has 1 aliphatic heterocycles. The van der Waals surface area contributed by atoms with Crippen LogP contribution in [0.25, 0.3) is 0 Å². The molecular formula is C10H10O4. The summed E-state index contributed by atoms with van der Waals surface area (Å²) in [5.41, 5.74) is 0.866. The summed E-state index contributed by atoms with van der Waals surface area (Å²) >= 11 is 0. The molecule has 0 fully saturated rings. The highest BCUT2D eigenvalue weighted by Crippen LogP contribution is 2.37. The number of carboxylic acid groups (broad SMARTS) is 1. The van der Waals surface area contributed by atoms with Gasteiger partial charge >= 0.3 is 5.97 Å². The first-order valence-corrected chi connectivity index (χ1v) is 4.34. The molecule has 1 aromatic rings. The third-order valence-electron chi connectivity index (χ3n) is 2.30. The van der Waals surface area contributed by atoms with Gasteiger partial charge in [-0.25, -0.2) is 0 Å². The lowest BCUT2D eigenvalue weighted by Crippen LogP contribution is -2.07. The number of ether oxygens (including phenoxy) is 1. The molecule has 0 aliphatic carbocycles. The molecular weight excluding hydrogens is 184 g/mol. The van der Waals surface area contributed by atoms with Crippen LogP contribution < -0.4 is 4.74 Å². The maximum atomic E-state index is 10.5. The minimum Gasteiger partial charge on any atom is -0.508 e. The molecule has 0 aromatic heterocycles. The van der Waals surface area contributed by atoms with Crippen molar-refractivity contribution in [3.8, 4) is 11.5 Å². The zero-order valence-corrected chi connectivity index (χ0v) is 7.43. The fraction of sp³-hybridized carbons (Fsp3) is 0.300. The third kappa shape index (κ3) is 1.51. The largest absolute Gasteiger partial charge is 0.508 e. The summed E-state index contributed by atoms with van der Waals surface area (Å²) < 4.78 is 5.27. The number of hydrogen-bond donors (Lipinski definition) is 2. The highest BCUT2D eigenvalue weighted by molar-refractivity contribution is 5.68. The van der Waals surface area contributed by atoms with Gasteiger partial charge in [-0.3, -0.25) is 4.79 Å². The van der Waals surface area contributed by atoms with Gasteiger partial charge < -0.3 is 14.9 Å². The van der Waals surface area contributed by atoms with Crippen molar-refractivity contribution in [2.24, 2.45) is 0 Å². The van der Waals surface area contributed by atoms with Gasteiger partial charge in [0.05, 0.1) is 13.0 Å². The number of rotatable bonds is 2. The van der Waals surface area contributed by atoms with Crippen LogP contribution in [0.15, 0.2) is 18.2 Å². The van der Waals surface area contributed by atoms with E-state index in [2.05, 4.69) is 0 Å². The van der Waals surface area contributed by atoms with E-state index in [9.17, 15) is 4.79 Å². The lowest BCUT2D eigenvalue weighted by Gasteiger charge is -2.03. The van der Waals surface area contributed by atoms with E-state index in [0.717, 1.165) is 5.56 Å². The maximum absolute atomic E-state index is 10.5. The summed E-state index contributed by atoms with van der Waals surface area (Å²) in [5.74, 6) is -0.196. The number of carbonyl (C=O) groups is 1. The Kier molecular flexibility index (Phi) is 2.04. The van der Waals surface area contributed by atoms with Crippen LogP contribution in [0.3, 0.4) is 0 Å². The van der Waals surface area contributed by atoms with Gasteiger partial charge in [0.2, 0.25) is 0 Å². The fourth-order valence-corrected chi connectivity index (χ4v) is 1.65. The summed E-state index contributed by atoms with van der Waals surface area (Å²) in [4.78, 5) is 10.5. The number of aromatic hydroxyl groups is 1. The Morgan fingerprint density at radius 2 is 2.36 bits per heavy atom. The van der Waals surface area contributed by atoms with E-state index in [1.54, 1.807) is 12.1 Å². The molecule has 1 atom stereocenters. The normalized spacial score (nSPS) is 18.7. The van der Waals surface area contributed by atoms with Crippen LogP contribution in [0.4, 0.5) is 0 Å². The van der Waals surface area contributed by atoms with Crippen LogP contribution in [0.5, 0.6) is 11.5 Å². The van der Waals surface area contributed by atoms with Gasteiger partial charge in [0.1, 0.15) is 11.5 Å². The van der Waals surface area contributed by atoms with Gasteiger partial charge in [0, 0.05) is 17.5 Å². The number of phenolic OH excluding ortho intramolecular Hbond substituents is 1. The minimum absolute atomic E-state index is 0.0672. The van der Waals surface area contributed by atoms with E-state index >= 15 is 0 Å². The maximum Gasteiger partial charge on any atom is 0.304 e. The zero-order chi connectivity index (χ0) is 10.1. The van der Waals surface area contributed by atoms with E-state index in [1.165, 1.54) is 6.07 Å². The molecule has 0 spiro atoms. The molecule has 0 radical (unpaired) electrons. The average Bonchev–Trinajstić information content (AvgIpc) is 2.47. The highest BCUT2D eigenvalue weighted by atomic mass is 16.5. The lowest BCUT2D eigenvalue weighted by atomic mass is 9.98. The van der Waals surface area contributed by atoms with E-state index in [0.29, 0.717) is 12.4 Å². The first-order chi connectivity index (χ1) is 6.66. The van der Waals surface area contributed by atoms with Crippen molar-refractivity contribution in [3.63, 3.8) is 0 Å². The molecule has 74 valence electrons. The SMILES string of the molecule is O=C(O)C[C@@H]1COc2cc(O)ccc21. The van der Waals surface area contributed by atoms with Gasteiger partial charge in [-0.05, 0) is 6.07 Å². The molecule has 14 heavy (non-hydrogen) atoms. The van der Waals surface area contributed by atoms with Gasteiger partial charge in [0.25, 0.3) is 0 Å². The Hall–Kier alpha value is -1.71. The zero-order valence-electron chi connectivity index (χ0n) is 7.43. The van der Waals surface area contributed by atoms with Gasteiger partial charge in [-0.2, -0.15) is 0 Å². The summed E-state index contributed by atoms with van der Waals surface area (Å²) in [6.07, 6.45) is 0.0672. The fourth-order valence-electron chi connectivity index (χ4n) is 1.65. The summed E-state index contributed by atoms with van der Waals surface area (Å²) in [6.45, 7) is 0.380. The van der Waals surface area contributed by atoms with Crippen LogP contribution in [0, 0.1) is 0 Å². The molecule has 0 saturated carbocycles. The Morgan fingerprint density at radius 3 is 3.07 bits per heavy atom. The highest BCUT2D eigenvalue weighted by Gasteiger charge is 2.26. The molecule has 4 nitrogen and oxygen atoms in total. The number of phenols is 1. The lowest BCUT2D eigenvalue weighted by molar-refractivity contribution is -0.137. The number of benzene rings is 1. The second-order valence-corrected chi connectivity index (χ2v) is 3.33. The molecule has 2 rings (SSSR count). The summed E-state index contributed by atoms with van der Waals surface area (Å²) in [6, 6.07) is 4.77. The number of carboxylic acids is 1. The molecule has 4 heteroatoms. The number of hydrogen-bond acceptors (Lipinski definition) is 3. The van der Waals surface area contributed by atoms with Crippen molar-refractivity contribution in [2.45, 2.75) is 12.3 Å². The number of fused-ring (bicyclic) bond motifs is 1. The van der Waals surface area contributed by atoms with Crippen molar-refractivity contribution < 1.29 is 19.7 Å². The topological polar surface area (TPSA) is 66.8 Å². The summed E-state index contributed by atoms with van der Waals surface area (Å²) in [7, 11) is 0. The molecule has 0 amide bonds. The first kappa shape index (κ1) is 8.87. The Balaban J connectivity index is 2.26. The standard InChI is InChI=1S/C10H10O4/c11-7-1-2-8-6(3-10(12)13)5-14-9(8)4-7/h1-2,4,6,11H,3,5H2,(H,12,13)/t6-/m1/s1. The smallest absolute Gasteiger partial charge is 0.304 e.